The molecule has 0 saturated heterocycles. The SMILES string of the molecule is COC(=O)COc1c(Cl)cc(/C=c2\sc3nc4ccccc4n3c2=O)cc1Cl. The van der Waals surface area contributed by atoms with E-state index in [1.165, 1.54) is 18.4 Å². The predicted molar refractivity (Wildman–Crippen MR) is 110 cm³/mol. The number of nitrogens with zero attached hydrogens (tertiary/aromatic N) is 2. The topological polar surface area (TPSA) is 69.9 Å². The van der Waals surface area contributed by atoms with Crippen molar-refractivity contribution in [1.82, 2.24) is 9.38 Å². The Morgan fingerprint density at radius 3 is 2.68 bits per heavy atom. The van der Waals surface area contributed by atoms with Gasteiger partial charge in [0.2, 0.25) is 0 Å². The van der Waals surface area contributed by atoms with Crippen molar-refractivity contribution in [3.05, 3.63) is 66.9 Å². The summed E-state index contributed by atoms with van der Waals surface area (Å²) in [6.45, 7) is -0.307. The smallest absolute Gasteiger partial charge is 0.343 e. The minimum absolute atomic E-state index is 0.160. The van der Waals surface area contributed by atoms with Crippen molar-refractivity contribution >= 4 is 62.6 Å². The molecule has 0 spiro atoms. The number of thiazole rings is 1. The molecule has 0 amide bonds. The Kier molecular flexibility index (Phi) is 4.97. The number of imidazole rings is 1. The van der Waals surface area contributed by atoms with Crippen molar-refractivity contribution in [2.24, 2.45) is 0 Å². The number of rotatable bonds is 4. The maximum Gasteiger partial charge on any atom is 0.343 e. The highest BCUT2D eigenvalue weighted by Gasteiger charge is 2.13. The normalized spacial score (nSPS) is 12.0. The number of hydrogen-bond acceptors (Lipinski definition) is 6. The lowest BCUT2D eigenvalue weighted by molar-refractivity contribution is -0.142. The molecule has 142 valence electrons. The van der Waals surface area contributed by atoms with Gasteiger partial charge in [-0.1, -0.05) is 46.7 Å². The molecule has 0 aliphatic carbocycles. The molecule has 0 saturated carbocycles. The molecule has 6 nitrogen and oxygen atoms in total. The molecule has 4 aromatic rings. The van der Waals surface area contributed by atoms with E-state index in [0.717, 1.165) is 11.0 Å². The Balaban J connectivity index is 1.76. The van der Waals surface area contributed by atoms with Crippen molar-refractivity contribution in [2.45, 2.75) is 0 Å². The first kappa shape index (κ1) is 18.7. The largest absolute Gasteiger partial charge is 0.479 e. The third-order valence-corrected chi connectivity index (χ3v) is 5.56. The third-order valence-electron chi connectivity index (χ3n) is 4.03. The van der Waals surface area contributed by atoms with Gasteiger partial charge in [-0.2, -0.15) is 0 Å². The molecular weight excluding hydrogens is 423 g/mol. The lowest BCUT2D eigenvalue weighted by Crippen LogP contribution is -2.22. The monoisotopic (exact) mass is 434 g/mol. The average Bonchev–Trinajstić information content (AvgIpc) is 3.17. The van der Waals surface area contributed by atoms with E-state index < -0.39 is 5.97 Å². The lowest BCUT2D eigenvalue weighted by atomic mass is 10.2. The van der Waals surface area contributed by atoms with Crippen molar-refractivity contribution in [1.29, 1.82) is 0 Å². The summed E-state index contributed by atoms with van der Waals surface area (Å²) in [5.74, 6) is -0.367. The predicted octanol–water partition coefficient (Wildman–Crippen LogP) is 3.32. The van der Waals surface area contributed by atoms with Crippen LogP contribution in [0.25, 0.3) is 22.1 Å². The zero-order chi connectivity index (χ0) is 19.8. The fourth-order valence-electron chi connectivity index (χ4n) is 2.75. The molecule has 0 atom stereocenters. The first-order chi connectivity index (χ1) is 13.5. The minimum Gasteiger partial charge on any atom is -0.479 e. The summed E-state index contributed by atoms with van der Waals surface area (Å²) in [5, 5.41) is 0.448. The summed E-state index contributed by atoms with van der Waals surface area (Å²) in [5.41, 5.74) is 2.01. The van der Waals surface area contributed by atoms with Crippen LogP contribution in [0.15, 0.2) is 41.2 Å². The zero-order valence-corrected chi connectivity index (χ0v) is 16.8. The molecule has 0 bridgehead atoms. The van der Waals surface area contributed by atoms with Gasteiger partial charge in [0.15, 0.2) is 17.3 Å². The highest BCUT2D eigenvalue weighted by atomic mass is 35.5. The number of para-hydroxylation sites is 2. The number of carbonyl (C=O) groups excluding carboxylic acids is 1. The van der Waals surface area contributed by atoms with Gasteiger partial charge in [0.05, 0.1) is 32.7 Å². The number of benzene rings is 2. The summed E-state index contributed by atoms with van der Waals surface area (Å²) in [6.07, 6.45) is 1.69. The van der Waals surface area contributed by atoms with Gasteiger partial charge in [0.1, 0.15) is 0 Å². The second-order valence-corrected chi connectivity index (χ2v) is 7.64. The minimum atomic E-state index is -0.548. The van der Waals surface area contributed by atoms with Crippen LogP contribution in [-0.2, 0) is 9.53 Å². The van der Waals surface area contributed by atoms with Crippen LogP contribution in [0, 0.1) is 0 Å². The van der Waals surface area contributed by atoms with Crippen LogP contribution in [0.1, 0.15) is 5.56 Å². The van der Waals surface area contributed by atoms with E-state index in [1.807, 2.05) is 24.3 Å². The van der Waals surface area contributed by atoms with Gasteiger partial charge in [-0.05, 0) is 35.9 Å². The molecular formula is C19H12Cl2N2O4S. The molecule has 28 heavy (non-hydrogen) atoms. The van der Waals surface area contributed by atoms with E-state index in [4.69, 9.17) is 27.9 Å². The molecule has 0 aliphatic rings. The fourth-order valence-corrected chi connectivity index (χ4v) is 4.35. The number of fused-ring (bicyclic) bond motifs is 3. The molecule has 9 heteroatoms. The highest BCUT2D eigenvalue weighted by Crippen LogP contribution is 2.34. The number of carbonyl (C=O) groups is 1. The van der Waals surface area contributed by atoms with Gasteiger partial charge in [0.25, 0.3) is 5.56 Å². The molecule has 0 unspecified atom stereocenters. The summed E-state index contributed by atoms with van der Waals surface area (Å²) >= 11 is 13.7. The third kappa shape index (κ3) is 3.32. The Hall–Kier alpha value is -2.61. The van der Waals surface area contributed by atoms with Crippen molar-refractivity contribution < 1.29 is 14.3 Å². The summed E-state index contributed by atoms with van der Waals surface area (Å²) in [6, 6.07) is 10.7. The first-order valence-corrected chi connectivity index (χ1v) is 9.65. The van der Waals surface area contributed by atoms with Gasteiger partial charge in [-0.15, -0.1) is 0 Å². The molecule has 2 aromatic carbocycles. The van der Waals surface area contributed by atoms with Crippen molar-refractivity contribution in [2.75, 3.05) is 13.7 Å². The van der Waals surface area contributed by atoms with Crippen LogP contribution >= 0.6 is 34.5 Å². The van der Waals surface area contributed by atoms with Crippen molar-refractivity contribution in [3.8, 4) is 5.75 Å². The van der Waals surface area contributed by atoms with Crippen LogP contribution in [0.4, 0.5) is 0 Å². The van der Waals surface area contributed by atoms with Crippen LogP contribution in [-0.4, -0.2) is 29.1 Å². The second-order valence-electron chi connectivity index (χ2n) is 5.81. The Morgan fingerprint density at radius 1 is 1.25 bits per heavy atom. The van der Waals surface area contributed by atoms with E-state index in [-0.39, 0.29) is 28.0 Å². The maximum absolute atomic E-state index is 12.8. The molecule has 2 heterocycles. The van der Waals surface area contributed by atoms with E-state index in [1.54, 1.807) is 22.6 Å². The molecule has 4 rings (SSSR count). The summed E-state index contributed by atoms with van der Waals surface area (Å²) in [7, 11) is 1.26. The number of esters is 1. The van der Waals surface area contributed by atoms with Crippen LogP contribution in [0.5, 0.6) is 5.75 Å². The van der Waals surface area contributed by atoms with Crippen molar-refractivity contribution in [3.63, 3.8) is 0 Å². The van der Waals surface area contributed by atoms with Crippen LogP contribution in [0.2, 0.25) is 10.0 Å². The van der Waals surface area contributed by atoms with Gasteiger partial charge < -0.3 is 9.47 Å². The Morgan fingerprint density at radius 2 is 1.96 bits per heavy atom. The van der Waals surface area contributed by atoms with Gasteiger partial charge in [-0.25, -0.2) is 14.2 Å². The first-order valence-electron chi connectivity index (χ1n) is 8.08. The van der Waals surface area contributed by atoms with Gasteiger partial charge in [-0.3, -0.25) is 4.79 Å². The van der Waals surface area contributed by atoms with Crippen LogP contribution in [0.3, 0.4) is 0 Å². The summed E-state index contributed by atoms with van der Waals surface area (Å²) < 4.78 is 11.9. The molecule has 2 aromatic heterocycles. The number of methoxy groups -OCH3 is 1. The standard InChI is InChI=1S/C19H12Cl2N2O4S/c1-26-16(24)9-27-17-11(20)6-10(7-12(17)21)8-15-18(25)23-14-5-3-2-4-13(14)22-19(23)28-15/h2-8H,9H2,1H3/b15-8-. The second kappa shape index (κ2) is 7.43. The number of ether oxygens (including phenoxy) is 2. The molecule has 0 N–H and O–H groups in total. The molecule has 0 radical (unpaired) electrons. The molecule has 0 aliphatic heterocycles. The van der Waals surface area contributed by atoms with Gasteiger partial charge >= 0.3 is 5.97 Å². The average molecular weight is 435 g/mol. The molecule has 0 fully saturated rings. The highest BCUT2D eigenvalue weighted by molar-refractivity contribution is 7.15. The summed E-state index contributed by atoms with van der Waals surface area (Å²) in [4.78, 5) is 29.1. The van der Waals surface area contributed by atoms with E-state index in [9.17, 15) is 9.59 Å². The maximum atomic E-state index is 12.8. The quantitative estimate of drug-likeness (QED) is 0.460. The fraction of sp³-hybridized carbons (Fsp3) is 0.105. The zero-order valence-electron chi connectivity index (χ0n) is 14.4. The van der Waals surface area contributed by atoms with E-state index in [2.05, 4.69) is 9.72 Å². The number of halogens is 2. The van der Waals surface area contributed by atoms with E-state index in [0.29, 0.717) is 15.1 Å². The number of hydrogen-bond donors (Lipinski definition) is 0. The lowest BCUT2D eigenvalue weighted by Gasteiger charge is -2.09. The Labute approximate surface area is 172 Å². The van der Waals surface area contributed by atoms with Crippen LogP contribution < -0.4 is 14.8 Å². The number of aromatic nitrogens is 2. The van der Waals surface area contributed by atoms with Gasteiger partial charge in [0, 0.05) is 0 Å². The Bertz CT molecular complexity index is 1310. The van der Waals surface area contributed by atoms with E-state index >= 15 is 0 Å².